The molecular formula is C24H33FN4O2. The second kappa shape index (κ2) is 10.8. The maximum atomic E-state index is 13.6. The summed E-state index contributed by atoms with van der Waals surface area (Å²) in [6.45, 7) is 8.24. The topological polar surface area (TPSA) is 64.7 Å². The standard InChI is InChI=1S/C24H33FN4O2/c1-7-23(30)26-21-11-12-22(28(5)6)18(13-21)15-29(17(4)16(2)3)24(31)27-20-10-8-9-19(25)14-20/h8-14,16-17H,7,15H2,1-6H3,(H,26,30)(H,27,31)/t17-/m0/s1. The van der Waals surface area contributed by atoms with Gasteiger partial charge in [-0.15, -0.1) is 0 Å². The van der Waals surface area contributed by atoms with Gasteiger partial charge in [0.15, 0.2) is 0 Å². The molecule has 0 aliphatic rings. The highest BCUT2D eigenvalue weighted by Crippen LogP contribution is 2.27. The Balaban J connectivity index is 2.37. The summed E-state index contributed by atoms with van der Waals surface area (Å²) in [5.74, 6) is -0.264. The zero-order chi connectivity index (χ0) is 23.1. The molecule has 2 aromatic rings. The molecule has 0 saturated carbocycles. The van der Waals surface area contributed by atoms with E-state index in [2.05, 4.69) is 24.5 Å². The van der Waals surface area contributed by atoms with Gasteiger partial charge < -0.3 is 20.4 Å². The minimum atomic E-state index is -0.407. The van der Waals surface area contributed by atoms with Crippen LogP contribution in [-0.4, -0.2) is 37.0 Å². The Hall–Kier alpha value is -3.09. The molecule has 0 aromatic heterocycles. The average molecular weight is 429 g/mol. The van der Waals surface area contributed by atoms with E-state index in [-0.39, 0.29) is 23.9 Å². The maximum Gasteiger partial charge on any atom is 0.322 e. The summed E-state index contributed by atoms with van der Waals surface area (Å²) >= 11 is 0. The highest BCUT2D eigenvalue weighted by atomic mass is 19.1. The van der Waals surface area contributed by atoms with Gasteiger partial charge in [0.1, 0.15) is 5.82 Å². The number of benzene rings is 2. The van der Waals surface area contributed by atoms with Crippen molar-refractivity contribution >= 4 is 29.0 Å². The Labute approximate surface area is 184 Å². The second-order valence-corrected chi connectivity index (χ2v) is 8.19. The van der Waals surface area contributed by atoms with Crippen molar-refractivity contribution in [3.63, 3.8) is 0 Å². The molecule has 1 atom stereocenters. The van der Waals surface area contributed by atoms with Crippen LogP contribution < -0.4 is 15.5 Å². The molecule has 6 nitrogen and oxygen atoms in total. The molecule has 2 N–H and O–H groups in total. The first kappa shape index (κ1) is 24.2. The average Bonchev–Trinajstić information content (AvgIpc) is 2.71. The summed E-state index contributed by atoms with van der Waals surface area (Å²) in [4.78, 5) is 28.7. The Kier molecular flexibility index (Phi) is 8.42. The zero-order valence-electron chi connectivity index (χ0n) is 19.2. The van der Waals surface area contributed by atoms with Crippen LogP contribution in [0.2, 0.25) is 0 Å². The number of amides is 3. The second-order valence-electron chi connectivity index (χ2n) is 8.19. The van der Waals surface area contributed by atoms with Crippen LogP contribution >= 0.6 is 0 Å². The Bertz CT molecular complexity index is 914. The highest BCUT2D eigenvalue weighted by Gasteiger charge is 2.24. The molecule has 0 saturated heterocycles. The van der Waals surface area contributed by atoms with E-state index < -0.39 is 5.82 Å². The predicted octanol–water partition coefficient (Wildman–Crippen LogP) is 5.32. The van der Waals surface area contributed by atoms with Crippen molar-refractivity contribution in [2.75, 3.05) is 29.6 Å². The van der Waals surface area contributed by atoms with Gasteiger partial charge in [-0.25, -0.2) is 9.18 Å². The van der Waals surface area contributed by atoms with Gasteiger partial charge in [-0.2, -0.15) is 0 Å². The monoisotopic (exact) mass is 428 g/mol. The number of halogens is 1. The minimum Gasteiger partial charge on any atom is -0.377 e. The molecule has 31 heavy (non-hydrogen) atoms. The first-order chi connectivity index (χ1) is 14.6. The molecule has 0 fully saturated rings. The normalized spacial score (nSPS) is 11.7. The van der Waals surface area contributed by atoms with Crippen LogP contribution in [0.3, 0.4) is 0 Å². The van der Waals surface area contributed by atoms with Crippen molar-refractivity contribution in [3.8, 4) is 0 Å². The number of rotatable bonds is 8. The van der Waals surface area contributed by atoms with Crippen LogP contribution in [0.25, 0.3) is 0 Å². The summed E-state index contributed by atoms with van der Waals surface area (Å²) in [7, 11) is 3.87. The zero-order valence-corrected chi connectivity index (χ0v) is 19.2. The van der Waals surface area contributed by atoms with Crippen molar-refractivity contribution in [1.29, 1.82) is 0 Å². The van der Waals surface area contributed by atoms with E-state index in [4.69, 9.17) is 0 Å². The van der Waals surface area contributed by atoms with Crippen LogP contribution in [0.4, 0.5) is 26.2 Å². The molecule has 0 bridgehead atoms. The van der Waals surface area contributed by atoms with Crippen molar-refractivity contribution < 1.29 is 14.0 Å². The number of hydrogen-bond donors (Lipinski definition) is 2. The van der Waals surface area contributed by atoms with E-state index in [9.17, 15) is 14.0 Å². The van der Waals surface area contributed by atoms with Crippen molar-refractivity contribution in [2.24, 2.45) is 5.92 Å². The van der Waals surface area contributed by atoms with Crippen molar-refractivity contribution in [1.82, 2.24) is 4.90 Å². The van der Waals surface area contributed by atoms with Gasteiger partial charge in [0, 0.05) is 50.2 Å². The summed E-state index contributed by atoms with van der Waals surface area (Å²) in [5, 5.41) is 5.69. The van der Waals surface area contributed by atoms with E-state index in [0.717, 1.165) is 11.3 Å². The molecule has 3 amide bonds. The van der Waals surface area contributed by atoms with Crippen LogP contribution in [-0.2, 0) is 11.3 Å². The van der Waals surface area contributed by atoms with Gasteiger partial charge in [-0.3, -0.25) is 4.79 Å². The lowest BCUT2D eigenvalue weighted by molar-refractivity contribution is -0.115. The molecule has 0 unspecified atom stereocenters. The molecule has 2 aromatic carbocycles. The Morgan fingerprint density at radius 1 is 1.00 bits per heavy atom. The summed E-state index contributed by atoms with van der Waals surface area (Å²) in [5.41, 5.74) is 2.95. The number of nitrogens with one attached hydrogen (secondary N) is 2. The van der Waals surface area contributed by atoms with Crippen molar-refractivity contribution in [2.45, 2.75) is 46.7 Å². The molecule has 0 heterocycles. The fourth-order valence-electron chi connectivity index (χ4n) is 3.18. The quantitative estimate of drug-likeness (QED) is 0.598. The van der Waals surface area contributed by atoms with Gasteiger partial charge in [-0.05, 0) is 54.8 Å². The molecule has 0 spiro atoms. The predicted molar refractivity (Wildman–Crippen MR) is 125 cm³/mol. The molecular weight excluding hydrogens is 395 g/mol. The van der Waals surface area contributed by atoms with E-state index in [1.54, 1.807) is 24.0 Å². The third-order valence-electron chi connectivity index (χ3n) is 5.30. The van der Waals surface area contributed by atoms with Gasteiger partial charge >= 0.3 is 6.03 Å². The molecule has 0 aliphatic carbocycles. The fourth-order valence-corrected chi connectivity index (χ4v) is 3.18. The van der Waals surface area contributed by atoms with Crippen molar-refractivity contribution in [3.05, 3.63) is 53.8 Å². The van der Waals surface area contributed by atoms with E-state index in [1.165, 1.54) is 12.1 Å². The maximum absolute atomic E-state index is 13.6. The van der Waals surface area contributed by atoms with Crippen LogP contribution in [0, 0.1) is 11.7 Å². The number of nitrogens with zero attached hydrogens (tertiary/aromatic N) is 2. The summed E-state index contributed by atoms with van der Waals surface area (Å²) in [6, 6.07) is 11.2. The summed E-state index contributed by atoms with van der Waals surface area (Å²) < 4.78 is 13.6. The van der Waals surface area contributed by atoms with Crippen LogP contribution in [0.5, 0.6) is 0 Å². The van der Waals surface area contributed by atoms with Gasteiger partial charge in [0.2, 0.25) is 5.91 Å². The van der Waals surface area contributed by atoms with E-state index >= 15 is 0 Å². The van der Waals surface area contributed by atoms with Gasteiger partial charge in [-0.1, -0.05) is 26.8 Å². The smallest absolute Gasteiger partial charge is 0.322 e. The number of hydrogen-bond acceptors (Lipinski definition) is 3. The summed E-state index contributed by atoms with van der Waals surface area (Å²) in [6.07, 6.45) is 0.386. The lowest BCUT2D eigenvalue weighted by atomic mass is 10.0. The van der Waals surface area contributed by atoms with Crippen LogP contribution in [0.1, 0.15) is 39.7 Å². The first-order valence-corrected chi connectivity index (χ1v) is 10.6. The van der Waals surface area contributed by atoms with E-state index in [0.29, 0.717) is 24.3 Å². The van der Waals surface area contributed by atoms with E-state index in [1.807, 2.05) is 44.1 Å². The third kappa shape index (κ3) is 6.70. The SMILES string of the molecule is CCC(=O)Nc1ccc(N(C)C)c(CN(C(=O)Nc2cccc(F)c2)[C@@H](C)C(C)C)c1. The number of anilines is 3. The molecule has 168 valence electrons. The molecule has 7 heteroatoms. The van der Waals surface area contributed by atoms with Gasteiger partial charge in [0.25, 0.3) is 0 Å². The molecule has 2 rings (SSSR count). The van der Waals surface area contributed by atoms with Crippen LogP contribution in [0.15, 0.2) is 42.5 Å². The highest BCUT2D eigenvalue weighted by molar-refractivity contribution is 5.91. The Morgan fingerprint density at radius 2 is 1.68 bits per heavy atom. The first-order valence-electron chi connectivity index (χ1n) is 10.6. The number of carbonyl (C=O) groups is 2. The molecule has 0 aliphatic heterocycles. The largest absolute Gasteiger partial charge is 0.377 e. The lowest BCUT2D eigenvalue weighted by Crippen LogP contribution is -2.43. The minimum absolute atomic E-state index is 0.0696. The lowest BCUT2D eigenvalue weighted by Gasteiger charge is -2.33. The Morgan fingerprint density at radius 3 is 2.26 bits per heavy atom. The molecule has 0 radical (unpaired) electrons. The number of urea groups is 1. The number of carbonyl (C=O) groups excluding carboxylic acids is 2. The van der Waals surface area contributed by atoms with Gasteiger partial charge in [0.05, 0.1) is 0 Å². The third-order valence-corrected chi connectivity index (χ3v) is 5.30. The fraction of sp³-hybridized carbons (Fsp3) is 0.417.